The average Bonchev–Trinajstić information content (AvgIpc) is 3.03. The SMILES string of the molecule is CC(C)NC(=O)CSc1nnc(CN2CCCCC2)n1-c1ccc(F)cc1. The first kappa shape index (κ1) is 19.8. The van der Waals surface area contributed by atoms with Crippen molar-refractivity contribution in [2.24, 2.45) is 0 Å². The summed E-state index contributed by atoms with van der Waals surface area (Å²) in [6.07, 6.45) is 3.66. The number of halogens is 1. The topological polar surface area (TPSA) is 63.1 Å². The van der Waals surface area contributed by atoms with Crippen molar-refractivity contribution in [3.05, 3.63) is 35.9 Å². The first-order valence-electron chi connectivity index (χ1n) is 9.37. The standard InChI is InChI=1S/C19H26FN5OS/c1-14(2)21-18(26)13-27-19-23-22-17(12-24-10-4-3-5-11-24)25(19)16-8-6-15(20)7-9-16/h6-9,14H,3-5,10-13H2,1-2H3,(H,21,26). The second-order valence-corrected chi connectivity index (χ2v) is 8.00. The van der Waals surface area contributed by atoms with Crippen LogP contribution >= 0.6 is 11.8 Å². The van der Waals surface area contributed by atoms with Crippen LogP contribution in [0.3, 0.4) is 0 Å². The number of thioether (sulfide) groups is 1. The normalized spacial score (nSPS) is 15.3. The molecule has 2 aromatic rings. The lowest BCUT2D eigenvalue weighted by Crippen LogP contribution is -2.31. The van der Waals surface area contributed by atoms with Gasteiger partial charge < -0.3 is 5.32 Å². The molecule has 8 heteroatoms. The molecule has 0 saturated carbocycles. The molecular weight excluding hydrogens is 365 g/mol. The van der Waals surface area contributed by atoms with Crippen molar-refractivity contribution in [2.45, 2.75) is 50.9 Å². The van der Waals surface area contributed by atoms with Crippen LogP contribution in [0.4, 0.5) is 4.39 Å². The van der Waals surface area contributed by atoms with Gasteiger partial charge in [0.25, 0.3) is 0 Å². The lowest BCUT2D eigenvalue weighted by Gasteiger charge is -2.26. The Hall–Kier alpha value is -1.93. The van der Waals surface area contributed by atoms with Crippen molar-refractivity contribution in [1.29, 1.82) is 0 Å². The molecule has 1 saturated heterocycles. The predicted molar refractivity (Wildman–Crippen MR) is 104 cm³/mol. The minimum atomic E-state index is -0.282. The van der Waals surface area contributed by atoms with Gasteiger partial charge in [0.2, 0.25) is 5.91 Å². The van der Waals surface area contributed by atoms with E-state index in [2.05, 4.69) is 20.4 Å². The first-order chi connectivity index (χ1) is 13.0. The van der Waals surface area contributed by atoms with Crippen LogP contribution in [0.1, 0.15) is 38.9 Å². The van der Waals surface area contributed by atoms with Gasteiger partial charge in [-0.3, -0.25) is 14.3 Å². The molecule has 146 valence electrons. The number of likely N-dealkylation sites (tertiary alicyclic amines) is 1. The molecule has 1 amide bonds. The molecule has 27 heavy (non-hydrogen) atoms. The number of piperidine rings is 1. The van der Waals surface area contributed by atoms with Crippen LogP contribution in [-0.2, 0) is 11.3 Å². The van der Waals surface area contributed by atoms with Crippen LogP contribution < -0.4 is 5.32 Å². The minimum absolute atomic E-state index is 0.0405. The Bertz CT molecular complexity index is 756. The van der Waals surface area contributed by atoms with Crippen LogP contribution in [-0.4, -0.2) is 50.5 Å². The monoisotopic (exact) mass is 391 g/mol. The third-order valence-corrected chi connectivity index (χ3v) is 5.31. The number of nitrogens with one attached hydrogen (secondary N) is 1. The Labute approximate surface area is 163 Å². The molecule has 0 spiro atoms. The molecular formula is C19H26FN5OS. The summed E-state index contributed by atoms with van der Waals surface area (Å²) < 4.78 is 15.3. The summed E-state index contributed by atoms with van der Waals surface area (Å²) in [5.74, 6) is 0.757. The van der Waals surface area contributed by atoms with Crippen LogP contribution in [0.15, 0.2) is 29.4 Å². The summed E-state index contributed by atoms with van der Waals surface area (Å²) in [4.78, 5) is 14.4. The number of amides is 1. The van der Waals surface area contributed by atoms with Crippen LogP contribution in [0.2, 0.25) is 0 Å². The fraction of sp³-hybridized carbons (Fsp3) is 0.526. The van der Waals surface area contributed by atoms with Crippen LogP contribution in [0, 0.1) is 5.82 Å². The molecule has 0 radical (unpaired) electrons. The Morgan fingerprint density at radius 3 is 2.56 bits per heavy atom. The van der Waals surface area contributed by atoms with Gasteiger partial charge in [0.1, 0.15) is 5.82 Å². The second kappa shape index (κ2) is 9.32. The van der Waals surface area contributed by atoms with E-state index in [9.17, 15) is 9.18 Å². The zero-order chi connectivity index (χ0) is 19.2. The highest BCUT2D eigenvalue weighted by Gasteiger charge is 2.19. The zero-order valence-electron chi connectivity index (χ0n) is 15.8. The van der Waals surface area contributed by atoms with Crippen LogP contribution in [0.25, 0.3) is 5.69 Å². The summed E-state index contributed by atoms with van der Waals surface area (Å²) >= 11 is 1.34. The smallest absolute Gasteiger partial charge is 0.230 e. The number of hydrogen-bond acceptors (Lipinski definition) is 5. The van der Waals surface area contributed by atoms with Crippen molar-refractivity contribution in [2.75, 3.05) is 18.8 Å². The molecule has 1 aromatic carbocycles. The summed E-state index contributed by atoms with van der Waals surface area (Å²) in [6, 6.07) is 6.40. The number of hydrogen-bond donors (Lipinski definition) is 1. The first-order valence-corrected chi connectivity index (χ1v) is 10.4. The highest BCUT2D eigenvalue weighted by Crippen LogP contribution is 2.24. The fourth-order valence-corrected chi connectivity index (χ4v) is 3.94. The largest absolute Gasteiger partial charge is 0.353 e. The molecule has 1 aliphatic heterocycles. The summed E-state index contributed by atoms with van der Waals surface area (Å²) in [7, 11) is 0. The van der Waals surface area contributed by atoms with Crippen molar-refractivity contribution in [3.63, 3.8) is 0 Å². The van der Waals surface area contributed by atoms with E-state index >= 15 is 0 Å². The Balaban J connectivity index is 1.81. The van der Waals surface area contributed by atoms with Gasteiger partial charge in [-0.2, -0.15) is 0 Å². The number of rotatable bonds is 7. The predicted octanol–water partition coefficient (Wildman–Crippen LogP) is 3.01. The molecule has 1 fully saturated rings. The van der Waals surface area contributed by atoms with Crippen molar-refractivity contribution in [1.82, 2.24) is 25.0 Å². The molecule has 0 atom stereocenters. The van der Waals surface area contributed by atoms with Gasteiger partial charge in [-0.25, -0.2) is 4.39 Å². The average molecular weight is 392 g/mol. The lowest BCUT2D eigenvalue weighted by atomic mass is 10.1. The summed E-state index contributed by atoms with van der Waals surface area (Å²) in [6.45, 7) is 6.66. The Morgan fingerprint density at radius 2 is 1.89 bits per heavy atom. The van der Waals surface area contributed by atoms with Gasteiger partial charge in [0, 0.05) is 11.7 Å². The third-order valence-electron chi connectivity index (χ3n) is 4.38. The van der Waals surface area contributed by atoms with Gasteiger partial charge >= 0.3 is 0 Å². The molecule has 1 N–H and O–H groups in total. The zero-order valence-corrected chi connectivity index (χ0v) is 16.6. The number of carbonyl (C=O) groups is 1. The lowest BCUT2D eigenvalue weighted by molar-refractivity contribution is -0.119. The molecule has 1 aromatic heterocycles. The number of aromatic nitrogens is 3. The van der Waals surface area contributed by atoms with Gasteiger partial charge in [0.15, 0.2) is 11.0 Å². The Morgan fingerprint density at radius 1 is 1.19 bits per heavy atom. The van der Waals surface area contributed by atoms with Gasteiger partial charge in [-0.15, -0.1) is 10.2 Å². The molecule has 3 rings (SSSR count). The van der Waals surface area contributed by atoms with Crippen molar-refractivity contribution in [3.8, 4) is 5.69 Å². The molecule has 2 heterocycles. The second-order valence-electron chi connectivity index (χ2n) is 7.06. The number of carbonyl (C=O) groups excluding carboxylic acids is 1. The van der Waals surface area contributed by atoms with E-state index in [-0.39, 0.29) is 23.5 Å². The van der Waals surface area contributed by atoms with Crippen LogP contribution in [0.5, 0.6) is 0 Å². The van der Waals surface area contributed by atoms with E-state index in [1.165, 1.54) is 43.2 Å². The number of benzene rings is 1. The maximum absolute atomic E-state index is 13.4. The Kier molecular flexibility index (Phi) is 6.84. The van der Waals surface area contributed by atoms with E-state index in [0.717, 1.165) is 24.6 Å². The highest BCUT2D eigenvalue weighted by atomic mass is 32.2. The molecule has 1 aliphatic rings. The van der Waals surface area contributed by atoms with E-state index in [4.69, 9.17) is 0 Å². The fourth-order valence-electron chi connectivity index (χ4n) is 3.16. The van der Waals surface area contributed by atoms with E-state index in [1.807, 2.05) is 18.4 Å². The van der Waals surface area contributed by atoms with Gasteiger partial charge in [-0.05, 0) is 64.0 Å². The van der Waals surface area contributed by atoms with E-state index in [0.29, 0.717) is 11.7 Å². The molecule has 0 aliphatic carbocycles. The maximum atomic E-state index is 13.4. The summed E-state index contributed by atoms with van der Waals surface area (Å²) in [5, 5.41) is 12.2. The van der Waals surface area contributed by atoms with Crippen molar-refractivity contribution >= 4 is 17.7 Å². The minimum Gasteiger partial charge on any atom is -0.353 e. The van der Waals surface area contributed by atoms with Crippen molar-refractivity contribution < 1.29 is 9.18 Å². The van der Waals surface area contributed by atoms with E-state index in [1.54, 1.807) is 12.1 Å². The van der Waals surface area contributed by atoms with Gasteiger partial charge in [-0.1, -0.05) is 18.2 Å². The quantitative estimate of drug-likeness (QED) is 0.735. The maximum Gasteiger partial charge on any atom is 0.230 e. The summed E-state index contributed by atoms with van der Waals surface area (Å²) in [5.41, 5.74) is 0.806. The number of nitrogens with zero attached hydrogens (tertiary/aromatic N) is 4. The third kappa shape index (κ3) is 5.52. The molecule has 6 nitrogen and oxygen atoms in total. The molecule has 0 bridgehead atoms. The highest BCUT2D eigenvalue weighted by molar-refractivity contribution is 7.99. The van der Waals surface area contributed by atoms with E-state index < -0.39 is 0 Å². The molecule has 0 unspecified atom stereocenters. The van der Waals surface area contributed by atoms with Gasteiger partial charge in [0.05, 0.1) is 12.3 Å².